The molecule has 0 aliphatic carbocycles. The van der Waals surface area contributed by atoms with Crippen LogP contribution in [0.4, 0.5) is 0 Å². The number of nitrogens with zero attached hydrogens (tertiary/aromatic N) is 4. The molecule has 0 radical (unpaired) electrons. The average Bonchev–Trinajstić information content (AvgIpc) is 3.27. The zero-order valence-electron chi connectivity index (χ0n) is 18.0. The third-order valence-electron chi connectivity index (χ3n) is 5.08. The predicted molar refractivity (Wildman–Crippen MR) is 130 cm³/mol. The summed E-state index contributed by atoms with van der Waals surface area (Å²) in [6.45, 7) is 11.3. The lowest BCUT2D eigenvalue weighted by atomic mass is 10.1. The van der Waals surface area contributed by atoms with Crippen LogP contribution in [0.3, 0.4) is 0 Å². The van der Waals surface area contributed by atoms with Crippen LogP contribution < -0.4 is 5.32 Å². The number of hydrogen-bond acceptors (Lipinski definition) is 5. The number of benzene rings is 1. The van der Waals surface area contributed by atoms with Gasteiger partial charge in [-0.1, -0.05) is 35.5 Å². The molecule has 1 fully saturated rings. The molecule has 0 saturated carbocycles. The van der Waals surface area contributed by atoms with E-state index in [2.05, 4.69) is 46.3 Å². The summed E-state index contributed by atoms with van der Waals surface area (Å²) in [6, 6.07) is 12.3. The second kappa shape index (κ2) is 13.6. The second-order valence-corrected chi connectivity index (χ2v) is 7.27. The molecule has 0 amide bonds. The van der Waals surface area contributed by atoms with Crippen LogP contribution in [0.25, 0.3) is 0 Å². The van der Waals surface area contributed by atoms with Crippen LogP contribution in [0.2, 0.25) is 0 Å². The van der Waals surface area contributed by atoms with E-state index in [0.29, 0.717) is 6.61 Å². The van der Waals surface area contributed by atoms with Crippen LogP contribution in [0.1, 0.15) is 37.6 Å². The third-order valence-corrected chi connectivity index (χ3v) is 5.08. The third kappa shape index (κ3) is 7.88. The molecule has 1 aromatic heterocycles. The fraction of sp³-hybridized carbons (Fsp3) is 0.545. The molecule has 1 aliphatic heterocycles. The first kappa shape index (κ1) is 24.6. The minimum Gasteiger partial charge on any atom is -0.374 e. The molecule has 1 N–H and O–H groups in total. The Bertz CT molecular complexity index is 718. The fourth-order valence-corrected chi connectivity index (χ4v) is 3.42. The van der Waals surface area contributed by atoms with Crippen molar-refractivity contribution < 1.29 is 9.26 Å². The Labute approximate surface area is 196 Å². The average molecular weight is 527 g/mol. The monoisotopic (exact) mass is 527 g/mol. The maximum atomic E-state index is 5.96. The number of ether oxygens (including phenoxy) is 1. The molecule has 30 heavy (non-hydrogen) atoms. The highest BCUT2D eigenvalue weighted by Gasteiger charge is 2.20. The number of nitrogens with one attached hydrogen (secondary N) is 1. The Hall–Kier alpha value is -1.65. The first-order valence-electron chi connectivity index (χ1n) is 10.6. The smallest absolute Gasteiger partial charge is 0.194 e. The van der Waals surface area contributed by atoms with Gasteiger partial charge >= 0.3 is 0 Å². The zero-order chi connectivity index (χ0) is 20.3. The van der Waals surface area contributed by atoms with E-state index < -0.39 is 0 Å². The Morgan fingerprint density at radius 3 is 2.63 bits per heavy atom. The van der Waals surface area contributed by atoms with Crippen molar-refractivity contribution in [3.05, 3.63) is 53.9 Å². The summed E-state index contributed by atoms with van der Waals surface area (Å²) in [4.78, 5) is 9.56. The van der Waals surface area contributed by atoms with Crippen LogP contribution in [0.15, 0.2) is 52.2 Å². The van der Waals surface area contributed by atoms with Crippen molar-refractivity contribution in [2.24, 2.45) is 4.99 Å². The number of aromatic nitrogens is 1. The fourth-order valence-electron chi connectivity index (χ4n) is 3.42. The molecule has 1 aliphatic rings. The van der Waals surface area contributed by atoms with Gasteiger partial charge in [0, 0.05) is 58.5 Å². The molecule has 1 atom stereocenters. The van der Waals surface area contributed by atoms with Gasteiger partial charge in [-0.2, -0.15) is 0 Å². The van der Waals surface area contributed by atoms with Crippen LogP contribution in [0, 0.1) is 0 Å². The summed E-state index contributed by atoms with van der Waals surface area (Å²) in [7, 11) is 0. The highest BCUT2D eigenvalue weighted by Crippen LogP contribution is 2.15. The minimum absolute atomic E-state index is 0. The van der Waals surface area contributed by atoms with E-state index in [1.165, 1.54) is 5.56 Å². The molecule has 8 heteroatoms. The van der Waals surface area contributed by atoms with Gasteiger partial charge in [-0.15, -0.1) is 24.0 Å². The Balaban J connectivity index is 0.00000320. The van der Waals surface area contributed by atoms with E-state index in [1.807, 2.05) is 24.3 Å². The van der Waals surface area contributed by atoms with Crippen molar-refractivity contribution >= 4 is 29.9 Å². The van der Waals surface area contributed by atoms with Crippen LogP contribution in [-0.2, 0) is 11.3 Å². The molecular weight excluding hydrogens is 493 g/mol. The Kier molecular flexibility index (Phi) is 11.2. The zero-order valence-corrected chi connectivity index (χ0v) is 20.3. The highest BCUT2D eigenvalue weighted by molar-refractivity contribution is 14.0. The number of aliphatic imine (C=N–C) groups is 1. The molecule has 1 unspecified atom stereocenters. The summed E-state index contributed by atoms with van der Waals surface area (Å²) in [6.07, 6.45) is 2.66. The lowest BCUT2D eigenvalue weighted by Gasteiger charge is -2.36. The highest BCUT2D eigenvalue weighted by atomic mass is 127. The number of piperazine rings is 1. The summed E-state index contributed by atoms with van der Waals surface area (Å²) < 4.78 is 10.9. The van der Waals surface area contributed by atoms with E-state index in [9.17, 15) is 0 Å². The standard InChI is InChI=1S/C22H33N5O2.HI/c1-3-23-22(24-11-7-16-28-19(2)20-8-5-4-6-9-20)27-14-12-26(13-15-27)18-21-10-17-29-25-21;/h4-6,8-10,17,19H,3,7,11-16,18H2,1-2H3,(H,23,24);1H. The van der Waals surface area contributed by atoms with Crippen molar-refractivity contribution in [2.45, 2.75) is 32.9 Å². The summed E-state index contributed by atoms with van der Waals surface area (Å²) in [5.74, 6) is 1.00. The van der Waals surface area contributed by atoms with Gasteiger partial charge in [0.25, 0.3) is 0 Å². The normalized spacial score (nSPS) is 16.2. The van der Waals surface area contributed by atoms with Crippen molar-refractivity contribution in [1.82, 2.24) is 20.3 Å². The lowest BCUT2D eigenvalue weighted by molar-refractivity contribution is 0.0651. The molecule has 1 aromatic carbocycles. The first-order chi connectivity index (χ1) is 14.3. The molecule has 7 nitrogen and oxygen atoms in total. The minimum atomic E-state index is 0. The first-order valence-corrected chi connectivity index (χ1v) is 10.6. The number of rotatable bonds is 9. The van der Waals surface area contributed by atoms with Crippen molar-refractivity contribution in [3.63, 3.8) is 0 Å². The SMILES string of the molecule is CCNC(=NCCCOC(C)c1ccccc1)N1CCN(Cc2ccon2)CC1.I. The van der Waals surface area contributed by atoms with E-state index in [1.54, 1.807) is 6.26 Å². The molecular formula is C22H34IN5O2. The van der Waals surface area contributed by atoms with E-state index in [4.69, 9.17) is 14.3 Å². The molecule has 3 rings (SSSR count). The van der Waals surface area contributed by atoms with Gasteiger partial charge in [0.05, 0.1) is 11.8 Å². The van der Waals surface area contributed by atoms with Crippen LogP contribution >= 0.6 is 24.0 Å². The van der Waals surface area contributed by atoms with E-state index in [0.717, 1.165) is 63.9 Å². The quantitative estimate of drug-likeness (QED) is 0.233. The summed E-state index contributed by atoms with van der Waals surface area (Å²) in [5, 5.41) is 7.43. The predicted octanol–water partition coefficient (Wildman–Crippen LogP) is 3.54. The van der Waals surface area contributed by atoms with Crippen LogP contribution in [0.5, 0.6) is 0 Å². The van der Waals surface area contributed by atoms with Gasteiger partial charge in [-0.25, -0.2) is 0 Å². The van der Waals surface area contributed by atoms with Crippen molar-refractivity contribution in [3.8, 4) is 0 Å². The second-order valence-electron chi connectivity index (χ2n) is 7.27. The molecule has 0 bridgehead atoms. The Morgan fingerprint density at radius 1 is 1.20 bits per heavy atom. The maximum absolute atomic E-state index is 5.96. The Morgan fingerprint density at radius 2 is 1.97 bits per heavy atom. The molecule has 2 heterocycles. The van der Waals surface area contributed by atoms with Crippen LogP contribution in [-0.4, -0.2) is 66.8 Å². The number of guanidine groups is 1. The van der Waals surface area contributed by atoms with Gasteiger partial charge in [0.2, 0.25) is 0 Å². The molecule has 2 aromatic rings. The topological polar surface area (TPSA) is 66.1 Å². The number of halogens is 1. The van der Waals surface area contributed by atoms with Gasteiger partial charge in [-0.05, 0) is 25.8 Å². The lowest BCUT2D eigenvalue weighted by Crippen LogP contribution is -2.52. The van der Waals surface area contributed by atoms with Gasteiger partial charge in [0.1, 0.15) is 6.26 Å². The molecule has 1 saturated heterocycles. The van der Waals surface area contributed by atoms with Crippen molar-refractivity contribution in [2.75, 3.05) is 45.9 Å². The van der Waals surface area contributed by atoms with Gasteiger partial charge in [-0.3, -0.25) is 9.89 Å². The largest absolute Gasteiger partial charge is 0.374 e. The summed E-state index contributed by atoms with van der Waals surface area (Å²) in [5.41, 5.74) is 2.21. The number of hydrogen-bond donors (Lipinski definition) is 1. The molecule has 166 valence electrons. The van der Waals surface area contributed by atoms with E-state index >= 15 is 0 Å². The van der Waals surface area contributed by atoms with E-state index in [-0.39, 0.29) is 30.1 Å². The molecule has 0 spiro atoms. The maximum Gasteiger partial charge on any atom is 0.194 e. The van der Waals surface area contributed by atoms with Gasteiger partial charge < -0.3 is 19.5 Å². The van der Waals surface area contributed by atoms with Gasteiger partial charge in [0.15, 0.2) is 5.96 Å². The summed E-state index contributed by atoms with van der Waals surface area (Å²) >= 11 is 0. The van der Waals surface area contributed by atoms with Crippen molar-refractivity contribution in [1.29, 1.82) is 0 Å².